The standard InChI is InChI=1S/C23H16Br6O4/c1-10(30)32-21-18(28)8-13(9-19(21)29)33-22-16(26)6-12(7-17(22)27)23(2,3)11-4-14(24)20(31)15(25)5-11/h4-9,31H,1-3H3. The number of rotatable bonds is 5. The molecular formula is C23H16Br6O4. The molecular weight excluding hydrogens is 820 g/mol. The van der Waals surface area contributed by atoms with E-state index in [9.17, 15) is 9.90 Å². The van der Waals surface area contributed by atoms with E-state index in [4.69, 9.17) is 9.47 Å². The summed E-state index contributed by atoms with van der Waals surface area (Å²) in [6.07, 6.45) is 0. The maximum absolute atomic E-state index is 11.3. The van der Waals surface area contributed by atoms with Crippen LogP contribution in [0.25, 0.3) is 0 Å². The van der Waals surface area contributed by atoms with Crippen molar-refractivity contribution in [2.75, 3.05) is 0 Å². The molecule has 174 valence electrons. The van der Waals surface area contributed by atoms with Crippen LogP contribution < -0.4 is 9.47 Å². The molecule has 10 heteroatoms. The number of halogens is 6. The molecule has 3 rings (SSSR count). The van der Waals surface area contributed by atoms with Crippen molar-refractivity contribution < 1.29 is 19.4 Å². The van der Waals surface area contributed by atoms with Crippen molar-refractivity contribution in [2.24, 2.45) is 0 Å². The van der Waals surface area contributed by atoms with E-state index in [0.29, 0.717) is 35.1 Å². The van der Waals surface area contributed by atoms with E-state index in [1.165, 1.54) is 6.92 Å². The van der Waals surface area contributed by atoms with Crippen LogP contribution in [-0.2, 0) is 10.2 Å². The lowest BCUT2D eigenvalue weighted by Crippen LogP contribution is -2.19. The van der Waals surface area contributed by atoms with Crippen molar-refractivity contribution in [3.63, 3.8) is 0 Å². The van der Waals surface area contributed by atoms with Crippen LogP contribution in [-0.4, -0.2) is 11.1 Å². The van der Waals surface area contributed by atoms with Crippen molar-refractivity contribution in [3.8, 4) is 23.0 Å². The summed E-state index contributed by atoms with van der Waals surface area (Å²) in [7, 11) is 0. The molecule has 3 aromatic rings. The summed E-state index contributed by atoms with van der Waals surface area (Å²) in [5.74, 6) is 1.28. The van der Waals surface area contributed by atoms with Gasteiger partial charge in [0.25, 0.3) is 0 Å². The van der Waals surface area contributed by atoms with Crippen LogP contribution in [0, 0.1) is 0 Å². The monoisotopic (exact) mass is 830 g/mol. The van der Waals surface area contributed by atoms with Crippen molar-refractivity contribution in [1.82, 2.24) is 0 Å². The molecule has 4 nitrogen and oxygen atoms in total. The van der Waals surface area contributed by atoms with E-state index in [-0.39, 0.29) is 11.2 Å². The Balaban J connectivity index is 1.98. The van der Waals surface area contributed by atoms with Gasteiger partial charge in [-0.1, -0.05) is 13.8 Å². The third kappa shape index (κ3) is 6.06. The number of esters is 1. The molecule has 0 amide bonds. The number of aromatic hydroxyl groups is 1. The first-order valence-corrected chi connectivity index (χ1v) is 14.1. The Kier molecular flexibility index (Phi) is 8.82. The zero-order chi connectivity index (χ0) is 24.7. The molecule has 0 aliphatic rings. The number of hydrogen-bond donors (Lipinski definition) is 1. The number of carbonyl (C=O) groups is 1. The summed E-state index contributed by atoms with van der Waals surface area (Å²) in [6.45, 7) is 5.56. The first kappa shape index (κ1) is 27.2. The molecule has 0 heterocycles. The first-order chi connectivity index (χ1) is 15.3. The topological polar surface area (TPSA) is 55.8 Å². The Morgan fingerprint density at radius 2 is 1.12 bits per heavy atom. The van der Waals surface area contributed by atoms with Gasteiger partial charge < -0.3 is 14.6 Å². The van der Waals surface area contributed by atoms with E-state index in [1.54, 1.807) is 12.1 Å². The van der Waals surface area contributed by atoms with E-state index in [0.717, 1.165) is 20.1 Å². The predicted molar refractivity (Wildman–Crippen MR) is 151 cm³/mol. The molecule has 0 radical (unpaired) electrons. The van der Waals surface area contributed by atoms with E-state index < -0.39 is 5.97 Å². The van der Waals surface area contributed by atoms with Crippen LogP contribution in [0.15, 0.2) is 63.2 Å². The molecule has 0 aromatic heterocycles. The van der Waals surface area contributed by atoms with E-state index in [2.05, 4.69) is 109 Å². The highest BCUT2D eigenvalue weighted by atomic mass is 79.9. The van der Waals surface area contributed by atoms with E-state index in [1.807, 2.05) is 24.3 Å². The highest BCUT2D eigenvalue weighted by Gasteiger charge is 2.27. The number of benzene rings is 3. The third-order valence-corrected chi connectivity index (χ3v) is 8.46. The van der Waals surface area contributed by atoms with E-state index >= 15 is 0 Å². The number of phenols is 1. The van der Waals surface area contributed by atoms with Gasteiger partial charge in [-0.2, -0.15) is 0 Å². The zero-order valence-corrected chi connectivity index (χ0v) is 26.9. The van der Waals surface area contributed by atoms with Gasteiger partial charge in [0, 0.05) is 12.3 Å². The maximum Gasteiger partial charge on any atom is 0.308 e. The molecule has 33 heavy (non-hydrogen) atoms. The van der Waals surface area contributed by atoms with Crippen LogP contribution in [0.3, 0.4) is 0 Å². The fourth-order valence-corrected chi connectivity index (χ4v) is 6.91. The molecule has 0 saturated heterocycles. The smallest absolute Gasteiger partial charge is 0.308 e. The van der Waals surface area contributed by atoms with Crippen molar-refractivity contribution in [1.29, 1.82) is 0 Å². The number of hydrogen-bond acceptors (Lipinski definition) is 4. The zero-order valence-electron chi connectivity index (χ0n) is 17.4. The average molecular weight is 836 g/mol. The lowest BCUT2D eigenvalue weighted by Gasteiger charge is -2.28. The lowest BCUT2D eigenvalue weighted by molar-refractivity contribution is -0.131. The van der Waals surface area contributed by atoms with Crippen LogP contribution in [0.2, 0.25) is 0 Å². The Hall–Kier alpha value is -0.390. The number of ether oxygens (including phenoxy) is 2. The van der Waals surface area contributed by atoms with Gasteiger partial charge in [-0.25, -0.2) is 0 Å². The Bertz CT molecular complexity index is 1190. The van der Waals surface area contributed by atoms with Gasteiger partial charge in [-0.05, 0) is 143 Å². The number of phenolic OH excluding ortho intramolecular Hbond substituents is 1. The minimum atomic E-state index is -0.415. The van der Waals surface area contributed by atoms with Gasteiger partial charge in [0.1, 0.15) is 11.5 Å². The van der Waals surface area contributed by atoms with Crippen molar-refractivity contribution in [2.45, 2.75) is 26.2 Å². The molecule has 0 fully saturated rings. The summed E-state index contributed by atoms with van der Waals surface area (Å²) in [6, 6.07) is 11.3. The summed E-state index contributed by atoms with van der Waals surface area (Å²) >= 11 is 21.0. The summed E-state index contributed by atoms with van der Waals surface area (Å²) in [5, 5.41) is 10.1. The second kappa shape index (κ2) is 10.7. The summed E-state index contributed by atoms with van der Waals surface area (Å²) in [4.78, 5) is 11.3. The largest absolute Gasteiger partial charge is 0.506 e. The molecule has 0 saturated carbocycles. The van der Waals surface area contributed by atoms with Crippen LogP contribution in [0.5, 0.6) is 23.0 Å². The second-order valence-electron chi connectivity index (χ2n) is 7.59. The quantitative estimate of drug-likeness (QED) is 0.206. The van der Waals surface area contributed by atoms with Crippen molar-refractivity contribution >= 4 is 102 Å². The molecule has 0 aliphatic carbocycles. The minimum Gasteiger partial charge on any atom is -0.506 e. The Labute approximate surface area is 242 Å². The van der Waals surface area contributed by atoms with Gasteiger partial charge >= 0.3 is 5.97 Å². The Morgan fingerprint density at radius 3 is 1.55 bits per heavy atom. The van der Waals surface area contributed by atoms with Gasteiger partial charge in [0.05, 0.1) is 26.8 Å². The van der Waals surface area contributed by atoms with Crippen LogP contribution >= 0.6 is 95.6 Å². The fourth-order valence-electron chi connectivity index (χ4n) is 3.07. The number of carbonyl (C=O) groups excluding carboxylic acids is 1. The second-order valence-corrected chi connectivity index (χ2v) is 12.7. The minimum absolute atomic E-state index is 0.165. The van der Waals surface area contributed by atoms with Crippen molar-refractivity contribution in [3.05, 3.63) is 74.4 Å². The Morgan fingerprint density at radius 1 is 0.727 bits per heavy atom. The normalized spacial score (nSPS) is 11.4. The molecule has 0 unspecified atom stereocenters. The third-order valence-electron chi connectivity index (χ3n) is 4.90. The molecule has 1 N–H and O–H groups in total. The molecule has 0 aliphatic heterocycles. The fraction of sp³-hybridized carbons (Fsp3) is 0.174. The van der Waals surface area contributed by atoms with Gasteiger partial charge in [-0.3, -0.25) is 4.79 Å². The SMILES string of the molecule is CC(=O)Oc1c(Br)cc(Oc2c(Br)cc(C(C)(C)c3cc(Br)c(O)c(Br)c3)cc2Br)cc1Br. The van der Waals surface area contributed by atoms with Crippen LogP contribution in [0.1, 0.15) is 31.9 Å². The average Bonchev–Trinajstić information content (AvgIpc) is 2.70. The van der Waals surface area contributed by atoms with Gasteiger partial charge in [0.15, 0.2) is 11.5 Å². The maximum atomic E-state index is 11.3. The van der Waals surface area contributed by atoms with Gasteiger partial charge in [0.2, 0.25) is 0 Å². The molecule has 0 bridgehead atoms. The highest BCUT2D eigenvalue weighted by Crippen LogP contribution is 2.46. The summed E-state index contributed by atoms with van der Waals surface area (Å²) < 4.78 is 15.3. The lowest BCUT2D eigenvalue weighted by atomic mass is 9.78. The highest BCUT2D eigenvalue weighted by molar-refractivity contribution is 9.11. The van der Waals surface area contributed by atoms with Crippen LogP contribution in [0.4, 0.5) is 0 Å². The first-order valence-electron chi connectivity index (χ1n) is 9.34. The van der Waals surface area contributed by atoms with Gasteiger partial charge in [-0.15, -0.1) is 0 Å². The summed E-state index contributed by atoms with van der Waals surface area (Å²) in [5.41, 5.74) is 1.67. The molecule has 0 atom stereocenters. The molecule has 3 aromatic carbocycles. The molecule has 0 spiro atoms. The predicted octanol–water partition coefficient (Wildman–Crippen LogP) is 10.0.